The van der Waals surface area contributed by atoms with E-state index in [-0.39, 0.29) is 0 Å². The summed E-state index contributed by atoms with van der Waals surface area (Å²) >= 11 is 0. The van der Waals surface area contributed by atoms with Gasteiger partial charge in [-0.05, 0) is 11.6 Å². The summed E-state index contributed by atoms with van der Waals surface area (Å²) in [5, 5.41) is 0. The highest BCUT2D eigenvalue weighted by Crippen LogP contribution is 2.25. The Balaban J connectivity index is 1.84. The van der Waals surface area contributed by atoms with Crippen LogP contribution in [0.15, 0.2) is 71.7 Å². The molecular formula is C19H13NO2. The third-order valence-corrected chi connectivity index (χ3v) is 3.33. The molecule has 0 saturated carbocycles. The van der Waals surface area contributed by atoms with Crippen molar-refractivity contribution in [1.82, 2.24) is 0 Å². The van der Waals surface area contributed by atoms with Crippen molar-refractivity contribution in [2.24, 2.45) is 4.99 Å². The number of ketones is 2. The smallest absolute Gasteiger partial charge is 0.233 e. The van der Waals surface area contributed by atoms with Gasteiger partial charge in [0.15, 0.2) is 0 Å². The molecule has 0 atom stereocenters. The first-order chi connectivity index (χ1) is 10.8. The van der Waals surface area contributed by atoms with Crippen LogP contribution in [0, 0.1) is 0 Å². The highest BCUT2D eigenvalue weighted by Gasteiger charge is 2.24. The SMILES string of the molecule is O=C1C=C(N=C/C=C/c2ccccc2)c2ccccc2C1=O. The lowest BCUT2D eigenvalue weighted by Crippen LogP contribution is -2.18. The van der Waals surface area contributed by atoms with Gasteiger partial charge in [-0.3, -0.25) is 14.6 Å². The average Bonchev–Trinajstić information content (AvgIpc) is 2.57. The number of carbonyl (C=O) groups excluding carboxylic acids is 2. The van der Waals surface area contributed by atoms with E-state index in [0.29, 0.717) is 16.8 Å². The fourth-order valence-corrected chi connectivity index (χ4v) is 2.25. The van der Waals surface area contributed by atoms with Gasteiger partial charge in [0.05, 0.1) is 5.70 Å². The summed E-state index contributed by atoms with van der Waals surface area (Å²) in [7, 11) is 0. The van der Waals surface area contributed by atoms with E-state index in [0.717, 1.165) is 5.56 Å². The van der Waals surface area contributed by atoms with Crippen molar-refractivity contribution in [3.05, 3.63) is 83.4 Å². The van der Waals surface area contributed by atoms with Crippen molar-refractivity contribution in [2.75, 3.05) is 0 Å². The summed E-state index contributed by atoms with van der Waals surface area (Å²) in [6.45, 7) is 0. The summed E-state index contributed by atoms with van der Waals surface area (Å²) in [6.07, 6.45) is 6.64. The van der Waals surface area contributed by atoms with Crippen LogP contribution in [0.25, 0.3) is 11.8 Å². The number of fused-ring (bicyclic) bond motifs is 1. The number of carbonyl (C=O) groups is 2. The third kappa shape index (κ3) is 2.83. The van der Waals surface area contributed by atoms with Gasteiger partial charge in [0, 0.05) is 23.4 Å². The molecule has 3 heteroatoms. The van der Waals surface area contributed by atoms with Crippen molar-refractivity contribution >= 4 is 29.6 Å². The molecule has 3 nitrogen and oxygen atoms in total. The van der Waals surface area contributed by atoms with Crippen molar-refractivity contribution in [2.45, 2.75) is 0 Å². The summed E-state index contributed by atoms with van der Waals surface area (Å²) in [5.41, 5.74) is 2.68. The van der Waals surface area contributed by atoms with Gasteiger partial charge in [-0.25, -0.2) is 0 Å². The quantitative estimate of drug-likeness (QED) is 0.640. The Morgan fingerprint density at radius 3 is 2.27 bits per heavy atom. The highest BCUT2D eigenvalue weighted by atomic mass is 16.2. The number of Topliss-reactive ketones (excluding diaryl/α,β-unsaturated/α-hetero) is 1. The molecule has 0 saturated heterocycles. The van der Waals surface area contributed by atoms with Crippen LogP contribution in [-0.2, 0) is 4.79 Å². The molecule has 0 unspecified atom stereocenters. The molecule has 0 radical (unpaired) electrons. The Morgan fingerprint density at radius 1 is 0.818 bits per heavy atom. The zero-order valence-electron chi connectivity index (χ0n) is 11.8. The van der Waals surface area contributed by atoms with E-state index in [4.69, 9.17) is 0 Å². The van der Waals surface area contributed by atoms with Gasteiger partial charge in [0.2, 0.25) is 11.6 Å². The van der Waals surface area contributed by atoms with E-state index in [1.165, 1.54) is 6.08 Å². The Kier molecular flexibility index (Phi) is 3.88. The van der Waals surface area contributed by atoms with Gasteiger partial charge in [-0.1, -0.05) is 60.7 Å². The number of nitrogens with zero attached hydrogens (tertiary/aromatic N) is 1. The minimum absolute atomic E-state index is 0.411. The minimum Gasteiger partial charge on any atom is -0.285 e. The lowest BCUT2D eigenvalue weighted by atomic mass is 9.93. The molecule has 0 heterocycles. The van der Waals surface area contributed by atoms with Crippen molar-refractivity contribution < 1.29 is 9.59 Å². The van der Waals surface area contributed by atoms with Crippen LogP contribution in [-0.4, -0.2) is 17.8 Å². The van der Waals surface area contributed by atoms with Gasteiger partial charge in [0.25, 0.3) is 0 Å². The summed E-state index contributed by atoms with van der Waals surface area (Å²) in [5.74, 6) is -1.01. The molecule has 3 rings (SSSR count). The molecular weight excluding hydrogens is 274 g/mol. The summed E-state index contributed by atoms with van der Waals surface area (Å²) < 4.78 is 0. The minimum atomic E-state index is -0.530. The van der Waals surface area contributed by atoms with Gasteiger partial charge < -0.3 is 0 Å². The maximum absolute atomic E-state index is 11.8. The number of hydrogen-bond acceptors (Lipinski definition) is 3. The second-order valence-corrected chi connectivity index (χ2v) is 4.82. The molecule has 0 aromatic heterocycles. The summed E-state index contributed by atoms with van der Waals surface area (Å²) in [6, 6.07) is 16.9. The first-order valence-electron chi connectivity index (χ1n) is 6.91. The van der Waals surface area contributed by atoms with Crippen LogP contribution < -0.4 is 0 Å². The zero-order valence-corrected chi connectivity index (χ0v) is 11.8. The van der Waals surface area contributed by atoms with E-state index in [2.05, 4.69) is 4.99 Å². The van der Waals surface area contributed by atoms with E-state index >= 15 is 0 Å². The maximum atomic E-state index is 11.8. The third-order valence-electron chi connectivity index (χ3n) is 3.33. The van der Waals surface area contributed by atoms with Crippen LogP contribution in [0.1, 0.15) is 21.5 Å². The second kappa shape index (κ2) is 6.14. The zero-order chi connectivity index (χ0) is 15.4. The largest absolute Gasteiger partial charge is 0.285 e. The molecule has 1 aliphatic rings. The van der Waals surface area contributed by atoms with Gasteiger partial charge in [-0.15, -0.1) is 0 Å². The Hall–Kier alpha value is -3.07. The van der Waals surface area contributed by atoms with Crippen LogP contribution in [0.3, 0.4) is 0 Å². The molecule has 0 aliphatic heterocycles. The Morgan fingerprint density at radius 2 is 1.50 bits per heavy atom. The molecule has 106 valence electrons. The number of allylic oxidation sites excluding steroid dienone is 2. The number of benzene rings is 2. The molecule has 2 aromatic rings. The lowest BCUT2D eigenvalue weighted by molar-refractivity contribution is -0.111. The molecule has 0 N–H and O–H groups in total. The molecule has 1 aliphatic carbocycles. The normalized spacial score (nSPS) is 14.5. The van der Waals surface area contributed by atoms with E-state index in [1.54, 1.807) is 30.5 Å². The van der Waals surface area contributed by atoms with Crippen molar-refractivity contribution in [3.63, 3.8) is 0 Å². The summed E-state index contributed by atoms with van der Waals surface area (Å²) in [4.78, 5) is 27.8. The van der Waals surface area contributed by atoms with Gasteiger partial charge >= 0.3 is 0 Å². The van der Waals surface area contributed by atoms with Crippen LogP contribution in [0.5, 0.6) is 0 Å². The fourth-order valence-electron chi connectivity index (χ4n) is 2.25. The first-order valence-corrected chi connectivity index (χ1v) is 6.91. The molecule has 0 spiro atoms. The van der Waals surface area contributed by atoms with Crippen molar-refractivity contribution in [3.8, 4) is 0 Å². The fraction of sp³-hybridized carbons (Fsp3) is 0. The number of aliphatic imine (C=N–C) groups is 1. The van der Waals surface area contributed by atoms with Crippen LogP contribution >= 0.6 is 0 Å². The lowest BCUT2D eigenvalue weighted by Gasteiger charge is -2.12. The number of rotatable bonds is 3. The highest BCUT2D eigenvalue weighted by molar-refractivity contribution is 6.50. The van der Waals surface area contributed by atoms with E-state index in [1.807, 2.05) is 42.5 Å². The molecule has 0 amide bonds. The molecule has 0 fully saturated rings. The standard InChI is InChI=1S/C19H13NO2/c21-18-13-17(15-10-4-5-11-16(15)19(18)22)20-12-6-9-14-7-2-1-3-8-14/h1-13H/b9-6+,20-12?. The van der Waals surface area contributed by atoms with E-state index < -0.39 is 11.6 Å². The monoisotopic (exact) mass is 287 g/mol. The Bertz CT molecular complexity index is 814. The average molecular weight is 287 g/mol. The maximum Gasteiger partial charge on any atom is 0.233 e. The van der Waals surface area contributed by atoms with Gasteiger partial charge in [-0.2, -0.15) is 0 Å². The molecule has 0 bridgehead atoms. The predicted molar refractivity (Wildman–Crippen MR) is 87.7 cm³/mol. The first kappa shape index (κ1) is 13.9. The predicted octanol–water partition coefficient (Wildman–Crippen LogP) is 3.58. The van der Waals surface area contributed by atoms with Gasteiger partial charge in [0.1, 0.15) is 0 Å². The number of hydrogen-bond donors (Lipinski definition) is 0. The topological polar surface area (TPSA) is 46.5 Å². The van der Waals surface area contributed by atoms with Crippen molar-refractivity contribution in [1.29, 1.82) is 0 Å². The Labute approximate surface area is 128 Å². The second-order valence-electron chi connectivity index (χ2n) is 4.82. The molecule has 2 aromatic carbocycles. The van der Waals surface area contributed by atoms with Crippen LogP contribution in [0.4, 0.5) is 0 Å². The van der Waals surface area contributed by atoms with Crippen LogP contribution in [0.2, 0.25) is 0 Å². The van der Waals surface area contributed by atoms with E-state index in [9.17, 15) is 9.59 Å². The molecule has 22 heavy (non-hydrogen) atoms.